The lowest BCUT2D eigenvalue weighted by atomic mass is 10.1. The number of hydrogen-bond acceptors (Lipinski definition) is 2. The molecule has 2 nitrogen and oxygen atoms in total. The second-order valence-electron chi connectivity index (χ2n) is 3.66. The Kier molecular flexibility index (Phi) is 2.42. The Balaban J connectivity index is 2.66. The van der Waals surface area contributed by atoms with Crippen LogP contribution in [0.4, 0.5) is 13.2 Å². The molecule has 1 unspecified atom stereocenters. The van der Waals surface area contributed by atoms with Gasteiger partial charge in [-0.2, -0.15) is 13.2 Å². The number of fused-ring (bicyclic) bond motifs is 1. The molecule has 0 saturated heterocycles. The number of benzene rings is 1. The molecule has 0 fully saturated rings. The summed E-state index contributed by atoms with van der Waals surface area (Å²) in [6.45, 7) is 1.70. The van der Waals surface area contributed by atoms with Crippen molar-refractivity contribution in [3.05, 3.63) is 35.6 Å². The van der Waals surface area contributed by atoms with Crippen LogP contribution in [-0.4, -0.2) is 0 Å². The molecule has 2 aromatic rings. The normalized spacial score (nSPS) is 14.3. The molecule has 16 heavy (non-hydrogen) atoms. The SMILES string of the molecule is CC(N)c1cccc2cc(C(F)(F)F)oc12. The van der Waals surface area contributed by atoms with Crippen molar-refractivity contribution >= 4 is 11.0 Å². The monoisotopic (exact) mass is 229 g/mol. The van der Waals surface area contributed by atoms with Crippen LogP contribution < -0.4 is 5.73 Å². The molecule has 1 atom stereocenters. The van der Waals surface area contributed by atoms with Gasteiger partial charge in [-0.1, -0.05) is 18.2 Å². The highest BCUT2D eigenvalue weighted by Crippen LogP contribution is 2.35. The number of rotatable bonds is 1. The molecule has 0 aliphatic rings. The van der Waals surface area contributed by atoms with Gasteiger partial charge < -0.3 is 10.2 Å². The van der Waals surface area contributed by atoms with Crippen molar-refractivity contribution in [3.8, 4) is 0 Å². The van der Waals surface area contributed by atoms with Crippen LogP contribution in [0.2, 0.25) is 0 Å². The maximum absolute atomic E-state index is 12.4. The minimum absolute atomic E-state index is 0.213. The van der Waals surface area contributed by atoms with Gasteiger partial charge in [0.05, 0.1) is 0 Å². The van der Waals surface area contributed by atoms with E-state index in [4.69, 9.17) is 10.2 Å². The van der Waals surface area contributed by atoms with E-state index >= 15 is 0 Å². The van der Waals surface area contributed by atoms with Crippen LogP contribution >= 0.6 is 0 Å². The van der Waals surface area contributed by atoms with E-state index in [1.165, 1.54) is 0 Å². The molecule has 86 valence electrons. The fourth-order valence-corrected chi connectivity index (χ4v) is 1.58. The highest BCUT2D eigenvalue weighted by atomic mass is 19.4. The molecule has 1 heterocycles. The summed E-state index contributed by atoms with van der Waals surface area (Å²) >= 11 is 0. The quantitative estimate of drug-likeness (QED) is 0.813. The lowest BCUT2D eigenvalue weighted by Gasteiger charge is -2.05. The molecular formula is C11H10F3NO. The lowest BCUT2D eigenvalue weighted by molar-refractivity contribution is -0.152. The van der Waals surface area contributed by atoms with Crippen LogP contribution in [0.15, 0.2) is 28.7 Å². The Bertz CT molecular complexity index is 513. The smallest absolute Gasteiger partial charge is 0.449 e. The van der Waals surface area contributed by atoms with E-state index in [2.05, 4.69) is 0 Å². The molecule has 1 aromatic carbocycles. The highest BCUT2D eigenvalue weighted by molar-refractivity contribution is 5.81. The van der Waals surface area contributed by atoms with Gasteiger partial charge in [0.15, 0.2) is 0 Å². The molecule has 0 aliphatic carbocycles. The Morgan fingerprint density at radius 2 is 2.00 bits per heavy atom. The molecule has 2 rings (SSSR count). The Morgan fingerprint density at radius 3 is 2.56 bits per heavy atom. The van der Waals surface area contributed by atoms with Gasteiger partial charge in [-0.3, -0.25) is 0 Å². The van der Waals surface area contributed by atoms with Crippen molar-refractivity contribution in [3.63, 3.8) is 0 Å². The summed E-state index contributed by atoms with van der Waals surface area (Å²) in [6.07, 6.45) is -4.46. The van der Waals surface area contributed by atoms with E-state index in [0.29, 0.717) is 10.9 Å². The second-order valence-corrected chi connectivity index (χ2v) is 3.66. The summed E-state index contributed by atoms with van der Waals surface area (Å²) in [5.74, 6) is -0.990. The summed E-state index contributed by atoms with van der Waals surface area (Å²) in [6, 6.07) is 5.52. The first kappa shape index (κ1) is 11.0. The van der Waals surface area contributed by atoms with Crippen molar-refractivity contribution in [1.29, 1.82) is 0 Å². The molecule has 5 heteroatoms. The minimum Gasteiger partial charge on any atom is -0.451 e. The molecule has 0 bridgehead atoms. The molecule has 0 radical (unpaired) electrons. The first-order valence-electron chi connectivity index (χ1n) is 4.75. The topological polar surface area (TPSA) is 39.2 Å². The Morgan fingerprint density at radius 1 is 1.31 bits per heavy atom. The van der Waals surface area contributed by atoms with E-state index in [1.807, 2.05) is 0 Å². The zero-order valence-corrected chi connectivity index (χ0v) is 8.51. The number of hydrogen-bond donors (Lipinski definition) is 1. The maximum Gasteiger partial charge on any atom is 0.449 e. The standard InChI is InChI=1S/C11H10F3NO/c1-6(15)8-4-2-3-7-5-9(11(12,13)14)16-10(7)8/h2-6H,15H2,1H3. The first-order valence-corrected chi connectivity index (χ1v) is 4.75. The molecule has 1 aromatic heterocycles. The maximum atomic E-state index is 12.4. The van der Waals surface area contributed by atoms with Crippen LogP contribution in [0.1, 0.15) is 24.3 Å². The fourth-order valence-electron chi connectivity index (χ4n) is 1.58. The molecule has 0 aliphatic heterocycles. The van der Waals surface area contributed by atoms with E-state index in [9.17, 15) is 13.2 Å². The van der Waals surface area contributed by atoms with Crippen molar-refractivity contribution in [2.24, 2.45) is 5.73 Å². The third-order valence-corrected chi connectivity index (χ3v) is 2.34. The highest BCUT2D eigenvalue weighted by Gasteiger charge is 2.35. The van der Waals surface area contributed by atoms with Crippen molar-refractivity contribution < 1.29 is 17.6 Å². The third-order valence-electron chi connectivity index (χ3n) is 2.34. The lowest BCUT2D eigenvalue weighted by Crippen LogP contribution is -2.05. The van der Waals surface area contributed by atoms with E-state index < -0.39 is 11.9 Å². The molecule has 0 amide bonds. The van der Waals surface area contributed by atoms with Gasteiger partial charge in [0.2, 0.25) is 5.76 Å². The number of para-hydroxylation sites is 1. The Hall–Kier alpha value is -1.49. The average Bonchev–Trinajstić information content (AvgIpc) is 2.59. The predicted octanol–water partition coefficient (Wildman–Crippen LogP) is 3.47. The van der Waals surface area contributed by atoms with Crippen molar-refractivity contribution in [2.75, 3.05) is 0 Å². The van der Waals surface area contributed by atoms with Gasteiger partial charge >= 0.3 is 6.18 Å². The summed E-state index contributed by atoms with van der Waals surface area (Å²) in [5, 5.41) is 0.419. The predicted molar refractivity (Wildman–Crippen MR) is 53.8 cm³/mol. The summed E-state index contributed by atoms with van der Waals surface area (Å²) in [7, 11) is 0. The zero-order chi connectivity index (χ0) is 11.9. The number of furan rings is 1. The van der Waals surface area contributed by atoms with Gasteiger partial charge in [0, 0.05) is 17.0 Å². The van der Waals surface area contributed by atoms with E-state index in [0.717, 1.165) is 6.07 Å². The van der Waals surface area contributed by atoms with Gasteiger partial charge in [-0.25, -0.2) is 0 Å². The Labute approximate surface area is 89.8 Å². The van der Waals surface area contributed by atoms with Crippen molar-refractivity contribution in [1.82, 2.24) is 0 Å². The van der Waals surface area contributed by atoms with Crippen LogP contribution in [0.25, 0.3) is 11.0 Å². The van der Waals surface area contributed by atoms with Crippen LogP contribution in [0.5, 0.6) is 0 Å². The van der Waals surface area contributed by atoms with Gasteiger partial charge in [-0.05, 0) is 13.0 Å². The first-order chi connectivity index (χ1) is 7.39. The van der Waals surface area contributed by atoms with Gasteiger partial charge in [0.25, 0.3) is 0 Å². The molecule has 0 spiro atoms. The number of alkyl halides is 3. The summed E-state index contributed by atoms with van der Waals surface area (Å²) < 4.78 is 42.1. The van der Waals surface area contributed by atoms with Crippen LogP contribution in [0.3, 0.4) is 0 Å². The van der Waals surface area contributed by atoms with E-state index in [1.54, 1.807) is 25.1 Å². The number of halogens is 3. The summed E-state index contributed by atoms with van der Waals surface area (Å²) in [4.78, 5) is 0. The summed E-state index contributed by atoms with van der Waals surface area (Å²) in [5.41, 5.74) is 6.45. The molecule has 2 N–H and O–H groups in total. The fraction of sp³-hybridized carbons (Fsp3) is 0.273. The zero-order valence-electron chi connectivity index (χ0n) is 8.51. The van der Waals surface area contributed by atoms with Crippen molar-refractivity contribution in [2.45, 2.75) is 19.1 Å². The van der Waals surface area contributed by atoms with Gasteiger partial charge in [0.1, 0.15) is 5.58 Å². The second kappa shape index (κ2) is 3.52. The van der Waals surface area contributed by atoms with Crippen LogP contribution in [0, 0.1) is 0 Å². The number of nitrogens with two attached hydrogens (primary N) is 1. The average molecular weight is 229 g/mol. The minimum atomic E-state index is -4.46. The third kappa shape index (κ3) is 1.78. The molecule has 0 saturated carbocycles. The molecular weight excluding hydrogens is 219 g/mol. The van der Waals surface area contributed by atoms with Crippen LogP contribution in [-0.2, 0) is 6.18 Å². The largest absolute Gasteiger partial charge is 0.451 e. The van der Waals surface area contributed by atoms with Gasteiger partial charge in [-0.15, -0.1) is 0 Å². The van der Waals surface area contributed by atoms with E-state index in [-0.39, 0.29) is 11.6 Å².